The summed E-state index contributed by atoms with van der Waals surface area (Å²) in [5.74, 6) is 0.259. The van der Waals surface area contributed by atoms with Crippen molar-refractivity contribution >= 4 is 10.0 Å². The molecule has 0 N–H and O–H groups in total. The van der Waals surface area contributed by atoms with Crippen LogP contribution in [0.1, 0.15) is 43.4 Å². The number of aryl methyl sites for hydroxylation is 1. The third-order valence-corrected chi connectivity index (χ3v) is 5.56. The average Bonchev–Trinajstić information content (AvgIpc) is 2.79. The lowest BCUT2D eigenvalue weighted by Gasteiger charge is -2.24. The summed E-state index contributed by atoms with van der Waals surface area (Å²) >= 11 is 0. The van der Waals surface area contributed by atoms with Crippen LogP contribution in [-0.4, -0.2) is 25.0 Å². The quantitative estimate of drug-likeness (QED) is 0.841. The van der Waals surface area contributed by atoms with E-state index in [2.05, 4.69) is 24.3 Å². The van der Waals surface area contributed by atoms with E-state index in [4.69, 9.17) is 0 Å². The highest BCUT2D eigenvalue weighted by atomic mass is 32.2. The van der Waals surface area contributed by atoms with E-state index >= 15 is 0 Å². The van der Waals surface area contributed by atoms with Crippen LogP contribution in [0.4, 0.5) is 0 Å². The topological polar surface area (TPSA) is 37.4 Å². The normalized spacial score (nSPS) is 21.3. The molecule has 0 radical (unpaired) electrons. The monoisotopic (exact) mass is 267 g/mol. The van der Waals surface area contributed by atoms with Crippen molar-refractivity contribution in [1.29, 1.82) is 0 Å². The molecule has 18 heavy (non-hydrogen) atoms. The molecule has 0 bridgehead atoms. The van der Waals surface area contributed by atoms with Crippen LogP contribution in [0.5, 0.6) is 0 Å². The minimum atomic E-state index is -3.08. The number of hydrogen-bond acceptors (Lipinski definition) is 2. The summed E-state index contributed by atoms with van der Waals surface area (Å²) in [4.78, 5) is 0. The molecule has 2 rings (SSSR count). The summed E-state index contributed by atoms with van der Waals surface area (Å²) in [6.07, 6.45) is 2.58. The van der Waals surface area contributed by atoms with Crippen LogP contribution < -0.4 is 0 Å². The van der Waals surface area contributed by atoms with Crippen molar-refractivity contribution in [3.63, 3.8) is 0 Å². The minimum absolute atomic E-state index is 0.0437. The highest BCUT2D eigenvalue weighted by Crippen LogP contribution is 2.34. The number of benzene rings is 1. The van der Waals surface area contributed by atoms with E-state index in [9.17, 15) is 8.42 Å². The largest absolute Gasteiger partial charge is 0.214 e. The zero-order chi connectivity index (χ0) is 13.2. The van der Waals surface area contributed by atoms with Gasteiger partial charge in [0.15, 0.2) is 0 Å². The molecule has 0 spiro atoms. The molecule has 1 aromatic rings. The van der Waals surface area contributed by atoms with Gasteiger partial charge in [-0.15, -0.1) is 0 Å². The minimum Gasteiger partial charge on any atom is -0.212 e. The van der Waals surface area contributed by atoms with E-state index in [0.29, 0.717) is 13.0 Å². The van der Waals surface area contributed by atoms with Gasteiger partial charge < -0.3 is 0 Å². The van der Waals surface area contributed by atoms with Gasteiger partial charge >= 0.3 is 0 Å². The van der Waals surface area contributed by atoms with Gasteiger partial charge in [-0.3, -0.25) is 0 Å². The fourth-order valence-corrected chi connectivity index (χ4v) is 4.34. The Morgan fingerprint density at radius 3 is 2.56 bits per heavy atom. The Bertz CT molecular complexity index is 493. The Balaban J connectivity index is 2.25. The maximum atomic E-state index is 12.2. The Kier molecular flexibility index (Phi) is 4.07. The molecule has 1 fully saturated rings. The maximum Gasteiger partial charge on any atom is 0.214 e. The first-order chi connectivity index (χ1) is 8.54. The maximum absolute atomic E-state index is 12.2. The van der Waals surface area contributed by atoms with E-state index in [0.717, 1.165) is 18.4 Å². The van der Waals surface area contributed by atoms with E-state index < -0.39 is 10.0 Å². The first-order valence-electron chi connectivity index (χ1n) is 6.60. The molecule has 1 saturated heterocycles. The zero-order valence-electron chi connectivity index (χ0n) is 11.1. The third-order valence-electron chi connectivity index (χ3n) is 3.49. The van der Waals surface area contributed by atoms with Gasteiger partial charge in [-0.05, 0) is 31.7 Å². The molecular weight excluding hydrogens is 246 g/mol. The average molecular weight is 267 g/mol. The standard InChI is InChI=1S/C14H21NO2S/c1-3-11-18(16,17)15-10-4-5-14(15)13-8-6-12(2)7-9-13/h6-9,14H,3-5,10-11H2,1-2H3. The van der Waals surface area contributed by atoms with Gasteiger partial charge in [0.25, 0.3) is 0 Å². The fraction of sp³-hybridized carbons (Fsp3) is 0.571. The molecule has 1 aliphatic rings. The number of nitrogens with zero attached hydrogens (tertiary/aromatic N) is 1. The van der Waals surface area contributed by atoms with Gasteiger partial charge in [-0.25, -0.2) is 8.42 Å². The summed E-state index contributed by atoms with van der Waals surface area (Å²) in [5.41, 5.74) is 2.33. The first-order valence-corrected chi connectivity index (χ1v) is 8.21. The van der Waals surface area contributed by atoms with Crippen molar-refractivity contribution < 1.29 is 8.42 Å². The molecule has 1 heterocycles. The molecule has 3 nitrogen and oxygen atoms in total. The van der Waals surface area contributed by atoms with Crippen molar-refractivity contribution in [2.75, 3.05) is 12.3 Å². The van der Waals surface area contributed by atoms with Crippen molar-refractivity contribution in [2.24, 2.45) is 0 Å². The van der Waals surface area contributed by atoms with E-state index in [1.165, 1.54) is 5.56 Å². The third kappa shape index (κ3) is 2.75. The Morgan fingerprint density at radius 1 is 1.28 bits per heavy atom. The molecule has 0 saturated carbocycles. The number of sulfonamides is 1. The second kappa shape index (κ2) is 5.41. The molecular formula is C14H21NO2S. The van der Waals surface area contributed by atoms with Crippen molar-refractivity contribution in [2.45, 2.75) is 39.2 Å². The van der Waals surface area contributed by atoms with E-state index in [1.807, 2.05) is 13.8 Å². The van der Waals surface area contributed by atoms with Gasteiger partial charge in [-0.1, -0.05) is 36.8 Å². The number of hydrogen-bond donors (Lipinski definition) is 0. The van der Waals surface area contributed by atoms with Crippen LogP contribution >= 0.6 is 0 Å². The van der Waals surface area contributed by atoms with Gasteiger partial charge in [0.2, 0.25) is 10.0 Å². The summed E-state index contributed by atoms with van der Waals surface area (Å²) < 4.78 is 26.1. The van der Waals surface area contributed by atoms with Crippen LogP contribution in [0.15, 0.2) is 24.3 Å². The van der Waals surface area contributed by atoms with Crippen molar-refractivity contribution in [1.82, 2.24) is 4.31 Å². The second-order valence-electron chi connectivity index (χ2n) is 5.00. The summed E-state index contributed by atoms with van der Waals surface area (Å²) in [7, 11) is -3.08. The highest BCUT2D eigenvalue weighted by molar-refractivity contribution is 7.89. The van der Waals surface area contributed by atoms with Gasteiger partial charge in [0.1, 0.15) is 0 Å². The highest BCUT2D eigenvalue weighted by Gasteiger charge is 2.34. The zero-order valence-corrected chi connectivity index (χ0v) is 11.9. The van der Waals surface area contributed by atoms with Crippen LogP contribution in [0, 0.1) is 6.92 Å². The molecule has 100 valence electrons. The molecule has 0 amide bonds. The predicted octanol–water partition coefficient (Wildman–Crippen LogP) is 2.87. The lowest BCUT2D eigenvalue weighted by atomic mass is 10.0. The molecule has 1 aliphatic heterocycles. The van der Waals surface area contributed by atoms with Crippen LogP contribution in [-0.2, 0) is 10.0 Å². The van der Waals surface area contributed by atoms with Crippen LogP contribution in [0.25, 0.3) is 0 Å². The fourth-order valence-electron chi connectivity index (χ4n) is 2.57. The molecule has 1 unspecified atom stereocenters. The second-order valence-corrected chi connectivity index (χ2v) is 7.04. The molecule has 4 heteroatoms. The van der Waals surface area contributed by atoms with Gasteiger partial charge in [0.05, 0.1) is 5.75 Å². The molecule has 1 aromatic carbocycles. The summed E-state index contributed by atoms with van der Waals surface area (Å²) in [6, 6.07) is 8.26. The van der Waals surface area contributed by atoms with E-state index in [-0.39, 0.29) is 11.8 Å². The Morgan fingerprint density at radius 2 is 1.94 bits per heavy atom. The lowest BCUT2D eigenvalue weighted by molar-refractivity contribution is 0.396. The van der Waals surface area contributed by atoms with Gasteiger partial charge in [-0.2, -0.15) is 4.31 Å². The smallest absolute Gasteiger partial charge is 0.212 e. The predicted molar refractivity (Wildman–Crippen MR) is 73.9 cm³/mol. The Hall–Kier alpha value is -0.870. The van der Waals surface area contributed by atoms with Crippen LogP contribution in [0.3, 0.4) is 0 Å². The van der Waals surface area contributed by atoms with Crippen molar-refractivity contribution in [3.8, 4) is 0 Å². The van der Waals surface area contributed by atoms with E-state index in [1.54, 1.807) is 4.31 Å². The summed E-state index contributed by atoms with van der Waals surface area (Å²) in [6.45, 7) is 4.62. The molecule has 0 aromatic heterocycles. The first kappa shape index (κ1) is 13.6. The van der Waals surface area contributed by atoms with Gasteiger partial charge in [0, 0.05) is 12.6 Å². The van der Waals surface area contributed by atoms with Crippen LogP contribution in [0.2, 0.25) is 0 Å². The lowest BCUT2D eigenvalue weighted by Crippen LogP contribution is -2.32. The molecule has 0 aliphatic carbocycles. The number of rotatable bonds is 4. The van der Waals surface area contributed by atoms with Crippen molar-refractivity contribution in [3.05, 3.63) is 35.4 Å². The molecule has 1 atom stereocenters. The summed E-state index contributed by atoms with van der Waals surface area (Å²) in [5, 5.41) is 0. The SMILES string of the molecule is CCCS(=O)(=O)N1CCCC1c1ccc(C)cc1. The Labute approximate surface area is 110 Å².